The van der Waals surface area contributed by atoms with Crippen molar-refractivity contribution < 1.29 is 9.90 Å². The Kier molecular flexibility index (Phi) is 2.26. The van der Waals surface area contributed by atoms with Gasteiger partial charge in [0.2, 0.25) is 6.08 Å². The summed E-state index contributed by atoms with van der Waals surface area (Å²) in [5.41, 5.74) is 1.16. The number of aryl methyl sites for hydroxylation is 1. The Morgan fingerprint density at radius 3 is 2.69 bits per heavy atom. The molecule has 1 aromatic carbocycles. The van der Waals surface area contributed by atoms with Gasteiger partial charge in [-0.15, -0.1) is 0 Å². The Hall–Kier alpha value is -2.11. The van der Waals surface area contributed by atoms with Crippen LogP contribution in [0.1, 0.15) is 29.5 Å². The van der Waals surface area contributed by atoms with Gasteiger partial charge < -0.3 is 5.11 Å². The van der Waals surface area contributed by atoms with Gasteiger partial charge >= 0.3 is 0 Å². The third kappa shape index (κ3) is 1.48. The summed E-state index contributed by atoms with van der Waals surface area (Å²) in [4.78, 5) is 14.1. The first-order chi connectivity index (χ1) is 7.63. The highest BCUT2D eigenvalue weighted by molar-refractivity contribution is 5.53. The van der Waals surface area contributed by atoms with E-state index in [2.05, 4.69) is 4.99 Å². The number of hydrogen-bond acceptors (Lipinski definition) is 4. The fourth-order valence-corrected chi connectivity index (χ4v) is 1.80. The molecule has 0 aromatic heterocycles. The number of phenols is 1. The average molecular weight is 214 g/mol. The molecular formula is C12H10N2O2. The molecule has 0 heterocycles. The molecule has 0 unspecified atom stereocenters. The zero-order valence-electron chi connectivity index (χ0n) is 8.82. The number of carbonyl (C=O) groups excluding carboxylic acids is 1. The van der Waals surface area contributed by atoms with Crippen LogP contribution < -0.4 is 0 Å². The number of benzene rings is 1. The van der Waals surface area contributed by atoms with Crippen molar-refractivity contribution in [3.05, 3.63) is 28.8 Å². The van der Waals surface area contributed by atoms with E-state index in [1.54, 1.807) is 25.1 Å². The number of aromatic hydroxyl groups is 1. The zero-order valence-corrected chi connectivity index (χ0v) is 8.82. The van der Waals surface area contributed by atoms with Crippen molar-refractivity contribution in [2.75, 3.05) is 0 Å². The summed E-state index contributed by atoms with van der Waals surface area (Å²) in [6.07, 6.45) is 3.15. The van der Waals surface area contributed by atoms with Crippen LogP contribution in [0.15, 0.2) is 17.1 Å². The van der Waals surface area contributed by atoms with Gasteiger partial charge in [-0.3, -0.25) is 0 Å². The Morgan fingerprint density at radius 2 is 2.19 bits per heavy atom. The highest BCUT2D eigenvalue weighted by Crippen LogP contribution is 2.50. The van der Waals surface area contributed by atoms with Crippen molar-refractivity contribution in [3.63, 3.8) is 0 Å². The molecule has 0 spiro atoms. The SMILES string of the molecule is Cc1cc(C2(N=C=O)CC2)cc(C#N)c1O. The summed E-state index contributed by atoms with van der Waals surface area (Å²) in [6.45, 7) is 1.72. The van der Waals surface area contributed by atoms with Gasteiger partial charge in [0.25, 0.3) is 0 Å². The lowest BCUT2D eigenvalue weighted by atomic mass is 9.99. The van der Waals surface area contributed by atoms with Gasteiger partial charge in [-0.2, -0.15) is 10.3 Å². The largest absolute Gasteiger partial charge is 0.506 e. The first-order valence-electron chi connectivity index (χ1n) is 4.96. The zero-order chi connectivity index (χ0) is 11.8. The van der Waals surface area contributed by atoms with E-state index in [9.17, 15) is 9.90 Å². The van der Waals surface area contributed by atoms with E-state index in [4.69, 9.17) is 5.26 Å². The van der Waals surface area contributed by atoms with Crippen molar-refractivity contribution in [2.45, 2.75) is 25.3 Å². The lowest BCUT2D eigenvalue weighted by Gasteiger charge is -2.11. The second-order valence-electron chi connectivity index (χ2n) is 4.04. The van der Waals surface area contributed by atoms with Gasteiger partial charge in [-0.05, 0) is 43.0 Å². The third-order valence-electron chi connectivity index (χ3n) is 2.94. The van der Waals surface area contributed by atoms with E-state index in [1.165, 1.54) is 0 Å². The molecule has 4 nitrogen and oxygen atoms in total. The van der Waals surface area contributed by atoms with Gasteiger partial charge in [-0.1, -0.05) is 0 Å². The Bertz CT molecular complexity index is 533. The van der Waals surface area contributed by atoms with Crippen LogP contribution in [-0.4, -0.2) is 11.2 Å². The standard InChI is InChI=1S/C12H10N2O2/c1-8-4-10(5-9(6-13)11(8)16)12(2-3-12)14-7-15/h4-5,16H,2-3H2,1H3. The molecule has 1 aromatic rings. The number of phenolic OH excluding ortho intramolecular Hbond substituents is 1. The lowest BCUT2D eigenvalue weighted by Crippen LogP contribution is -2.03. The van der Waals surface area contributed by atoms with Crippen molar-refractivity contribution >= 4 is 6.08 Å². The number of nitrogens with zero attached hydrogens (tertiary/aromatic N) is 2. The first kappa shape index (κ1) is 10.4. The van der Waals surface area contributed by atoms with E-state index in [1.807, 2.05) is 6.07 Å². The lowest BCUT2D eigenvalue weighted by molar-refractivity contribution is 0.468. The number of nitriles is 1. The minimum Gasteiger partial charge on any atom is -0.506 e. The monoisotopic (exact) mass is 214 g/mol. The van der Waals surface area contributed by atoms with Crippen LogP contribution in [-0.2, 0) is 10.3 Å². The number of aliphatic imine (C=N–C) groups is 1. The quantitative estimate of drug-likeness (QED) is 0.603. The van der Waals surface area contributed by atoms with Crippen LogP contribution in [0.4, 0.5) is 0 Å². The van der Waals surface area contributed by atoms with Crippen LogP contribution in [0.5, 0.6) is 5.75 Å². The van der Waals surface area contributed by atoms with Crippen molar-refractivity contribution in [1.82, 2.24) is 0 Å². The van der Waals surface area contributed by atoms with E-state index in [-0.39, 0.29) is 11.3 Å². The van der Waals surface area contributed by atoms with Gasteiger partial charge in [0.05, 0.1) is 11.1 Å². The van der Waals surface area contributed by atoms with E-state index in [0.717, 1.165) is 18.4 Å². The molecule has 0 saturated heterocycles. The molecule has 16 heavy (non-hydrogen) atoms. The highest BCUT2D eigenvalue weighted by Gasteiger charge is 2.45. The molecule has 1 N–H and O–H groups in total. The van der Waals surface area contributed by atoms with Crippen molar-refractivity contribution in [2.24, 2.45) is 4.99 Å². The fraction of sp³-hybridized carbons (Fsp3) is 0.333. The maximum atomic E-state index is 10.3. The Balaban J connectivity index is 2.56. The van der Waals surface area contributed by atoms with E-state index in [0.29, 0.717) is 5.56 Å². The van der Waals surface area contributed by atoms with Gasteiger partial charge in [0.1, 0.15) is 11.8 Å². The maximum Gasteiger partial charge on any atom is 0.235 e. The van der Waals surface area contributed by atoms with Crippen LogP contribution in [0.25, 0.3) is 0 Å². The molecule has 1 saturated carbocycles. The second kappa shape index (κ2) is 3.48. The van der Waals surface area contributed by atoms with Gasteiger partial charge in [0.15, 0.2) is 0 Å². The fourth-order valence-electron chi connectivity index (χ4n) is 1.80. The predicted octanol–water partition coefficient (Wildman–Crippen LogP) is 1.90. The Morgan fingerprint density at radius 1 is 1.50 bits per heavy atom. The van der Waals surface area contributed by atoms with Crippen molar-refractivity contribution in [1.29, 1.82) is 5.26 Å². The predicted molar refractivity (Wildman–Crippen MR) is 56.6 cm³/mol. The Labute approximate surface area is 92.9 Å². The summed E-state index contributed by atoms with van der Waals surface area (Å²) in [5.74, 6) is -0.00265. The molecule has 0 amide bonds. The molecule has 0 atom stereocenters. The van der Waals surface area contributed by atoms with Crippen LogP contribution >= 0.6 is 0 Å². The van der Waals surface area contributed by atoms with Crippen LogP contribution in [0.2, 0.25) is 0 Å². The van der Waals surface area contributed by atoms with E-state index < -0.39 is 5.54 Å². The molecular weight excluding hydrogens is 204 g/mol. The minimum atomic E-state index is -0.494. The molecule has 0 aliphatic heterocycles. The van der Waals surface area contributed by atoms with Crippen LogP contribution in [0, 0.1) is 18.3 Å². The summed E-state index contributed by atoms with van der Waals surface area (Å²) in [5, 5.41) is 18.5. The minimum absolute atomic E-state index is 0.00265. The molecule has 0 radical (unpaired) electrons. The van der Waals surface area contributed by atoms with Crippen molar-refractivity contribution in [3.8, 4) is 11.8 Å². The molecule has 1 aliphatic rings. The average Bonchev–Trinajstić information content (AvgIpc) is 3.03. The number of rotatable bonds is 2. The smallest absolute Gasteiger partial charge is 0.235 e. The molecule has 0 bridgehead atoms. The number of isocyanates is 1. The highest BCUT2D eigenvalue weighted by atomic mass is 16.3. The summed E-state index contributed by atoms with van der Waals surface area (Å²) >= 11 is 0. The molecule has 4 heteroatoms. The maximum absolute atomic E-state index is 10.3. The molecule has 2 rings (SSSR count). The van der Waals surface area contributed by atoms with Gasteiger partial charge in [-0.25, -0.2) is 4.79 Å². The van der Waals surface area contributed by atoms with Crippen LogP contribution in [0.3, 0.4) is 0 Å². The third-order valence-corrected chi connectivity index (χ3v) is 2.94. The molecule has 80 valence electrons. The summed E-state index contributed by atoms with van der Waals surface area (Å²) < 4.78 is 0. The number of hydrogen-bond donors (Lipinski definition) is 1. The van der Waals surface area contributed by atoms with E-state index >= 15 is 0 Å². The van der Waals surface area contributed by atoms with Gasteiger partial charge in [0, 0.05) is 0 Å². The summed E-state index contributed by atoms with van der Waals surface area (Å²) in [6, 6.07) is 5.29. The summed E-state index contributed by atoms with van der Waals surface area (Å²) in [7, 11) is 0. The normalized spacial score (nSPS) is 16.0. The topological polar surface area (TPSA) is 73.5 Å². The molecule has 1 fully saturated rings. The second-order valence-corrected chi connectivity index (χ2v) is 4.04. The molecule has 1 aliphatic carbocycles. The first-order valence-corrected chi connectivity index (χ1v) is 4.96.